The van der Waals surface area contributed by atoms with Crippen molar-refractivity contribution < 1.29 is 9.59 Å². The number of benzene rings is 1. The van der Waals surface area contributed by atoms with Gasteiger partial charge in [0.25, 0.3) is 11.8 Å². The normalized spacial score (nSPS) is 15.2. The largest absolute Gasteiger partial charge is 0.394 e. The molecule has 23 heavy (non-hydrogen) atoms. The van der Waals surface area contributed by atoms with Crippen molar-refractivity contribution in [1.82, 2.24) is 10.6 Å². The minimum absolute atomic E-state index is 0.0110. The molecule has 2 amide bonds. The van der Waals surface area contributed by atoms with Crippen LogP contribution in [0, 0.1) is 6.92 Å². The summed E-state index contributed by atoms with van der Waals surface area (Å²) in [4.78, 5) is 28.0. The number of nitrogens with two attached hydrogens (primary N) is 1. The van der Waals surface area contributed by atoms with Crippen LogP contribution in [0.15, 0.2) is 41.0 Å². The first-order chi connectivity index (χ1) is 11.0. The van der Waals surface area contributed by atoms with Gasteiger partial charge in [0.2, 0.25) is 0 Å². The summed E-state index contributed by atoms with van der Waals surface area (Å²) < 4.78 is 0. The van der Waals surface area contributed by atoms with E-state index in [9.17, 15) is 9.59 Å². The Labute approximate surface area is 135 Å². The first-order valence-corrected chi connectivity index (χ1v) is 7.59. The van der Waals surface area contributed by atoms with Gasteiger partial charge >= 0.3 is 0 Å². The van der Waals surface area contributed by atoms with E-state index in [-0.39, 0.29) is 29.3 Å². The zero-order valence-corrected chi connectivity index (χ0v) is 13.4. The summed E-state index contributed by atoms with van der Waals surface area (Å²) in [6, 6.07) is 8.08. The van der Waals surface area contributed by atoms with Gasteiger partial charge in [-0.2, -0.15) is 0 Å². The first kappa shape index (κ1) is 16.7. The molecule has 0 bridgehead atoms. The molecule has 122 valence electrons. The first-order valence-electron chi connectivity index (χ1n) is 7.59. The molecule has 1 aliphatic carbocycles. The van der Waals surface area contributed by atoms with E-state index >= 15 is 0 Å². The molecule has 0 saturated heterocycles. The van der Waals surface area contributed by atoms with E-state index in [4.69, 9.17) is 5.73 Å². The standard InChI is InChI=1S/C17H22N4O2/c1-11-3-5-12(6-4-11)10-20-15(17(23)19-2)9-14(18)16(22)21-13-7-8-13/h3-6,9,13H,7-8,10,18H2,1-2H3,(H,19,23)(H,21,22). The summed E-state index contributed by atoms with van der Waals surface area (Å²) in [7, 11) is 1.51. The molecular weight excluding hydrogens is 292 g/mol. The Kier molecular flexibility index (Phi) is 5.51. The fourth-order valence-corrected chi connectivity index (χ4v) is 1.89. The molecule has 1 aliphatic rings. The molecule has 0 atom stereocenters. The third-order valence-corrected chi connectivity index (χ3v) is 3.48. The summed E-state index contributed by atoms with van der Waals surface area (Å²) >= 11 is 0. The van der Waals surface area contributed by atoms with Gasteiger partial charge in [0.15, 0.2) is 0 Å². The number of aryl methyl sites for hydroxylation is 1. The number of carbonyl (C=O) groups excluding carboxylic acids is 2. The van der Waals surface area contributed by atoms with E-state index in [0.29, 0.717) is 6.54 Å². The van der Waals surface area contributed by atoms with Crippen molar-refractivity contribution >= 4 is 17.5 Å². The minimum Gasteiger partial charge on any atom is -0.394 e. The highest BCUT2D eigenvalue weighted by Crippen LogP contribution is 2.18. The number of carbonyl (C=O) groups is 2. The maximum Gasteiger partial charge on any atom is 0.269 e. The van der Waals surface area contributed by atoms with E-state index in [0.717, 1.165) is 24.0 Å². The van der Waals surface area contributed by atoms with Gasteiger partial charge in [-0.25, -0.2) is 0 Å². The Morgan fingerprint density at radius 2 is 1.91 bits per heavy atom. The molecular formula is C17H22N4O2. The van der Waals surface area contributed by atoms with Crippen molar-refractivity contribution in [3.63, 3.8) is 0 Å². The SMILES string of the molecule is CNC(=O)C(C=C(N)C(=O)NC1CC1)=NCc1ccc(C)cc1. The van der Waals surface area contributed by atoms with Crippen molar-refractivity contribution in [3.8, 4) is 0 Å². The monoisotopic (exact) mass is 314 g/mol. The van der Waals surface area contributed by atoms with E-state index in [1.165, 1.54) is 13.1 Å². The maximum atomic E-state index is 11.9. The average molecular weight is 314 g/mol. The lowest BCUT2D eigenvalue weighted by Gasteiger charge is -2.05. The highest BCUT2D eigenvalue weighted by Gasteiger charge is 2.24. The molecule has 6 nitrogen and oxygen atoms in total. The topological polar surface area (TPSA) is 96.6 Å². The molecule has 0 radical (unpaired) electrons. The van der Waals surface area contributed by atoms with Gasteiger partial charge < -0.3 is 16.4 Å². The molecule has 4 N–H and O–H groups in total. The van der Waals surface area contributed by atoms with Crippen molar-refractivity contribution in [2.75, 3.05) is 7.05 Å². The highest BCUT2D eigenvalue weighted by molar-refractivity contribution is 6.43. The lowest BCUT2D eigenvalue weighted by molar-refractivity contribution is -0.117. The Bertz CT molecular complexity index is 643. The molecule has 0 aromatic heterocycles. The fourth-order valence-electron chi connectivity index (χ4n) is 1.89. The van der Waals surface area contributed by atoms with Crippen molar-refractivity contribution in [1.29, 1.82) is 0 Å². The molecule has 6 heteroatoms. The summed E-state index contributed by atoms with van der Waals surface area (Å²) in [5, 5.41) is 5.28. The minimum atomic E-state index is -0.376. The number of aliphatic imine (C=N–C) groups is 1. The predicted molar refractivity (Wildman–Crippen MR) is 89.8 cm³/mol. The lowest BCUT2D eigenvalue weighted by Crippen LogP contribution is -2.33. The molecule has 0 spiro atoms. The third kappa shape index (κ3) is 5.25. The van der Waals surface area contributed by atoms with Crippen LogP contribution in [0.4, 0.5) is 0 Å². The van der Waals surface area contributed by atoms with Gasteiger partial charge in [0.05, 0.1) is 12.2 Å². The van der Waals surface area contributed by atoms with Gasteiger partial charge in [-0.05, 0) is 31.4 Å². The zero-order chi connectivity index (χ0) is 16.8. The van der Waals surface area contributed by atoms with Crippen LogP contribution in [0.1, 0.15) is 24.0 Å². The van der Waals surface area contributed by atoms with Crippen molar-refractivity contribution in [3.05, 3.63) is 47.2 Å². The highest BCUT2D eigenvalue weighted by atomic mass is 16.2. The van der Waals surface area contributed by atoms with Gasteiger partial charge in [0.1, 0.15) is 5.71 Å². The van der Waals surface area contributed by atoms with Gasteiger partial charge in [0, 0.05) is 13.1 Å². The average Bonchev–Trinajstić information content (AvgIpc) is 3.35. The molecule has 2 rings (SSSR count). The van der Waals surface area contributed by atoms with Crippen LogP contribution < -0.4 is 16.4 Å². The second-order valence-electron chi connectivity index (χ2n) is 5.61. The number of hydrogen-bond acceptors (Lipinski definition) is 4. The van der Waals surface area contributed by atoms with E-state index < -0.39 is 0 Å². The summed E-state index contributed by atoms with van der Waals surface area (Å²) in [6.07, 6.45) is 3.27. The fraction of sp³-hybridized carbons (Fsp3) is 0.353. The Morgan fingerprint density at radius 3 is 2.48 bits per heavy atom. The van der Waals surface area contributed by atoms with Gasteiger partial charge in [-0.1, -0.05) is 29.8 Å². The van der Waals surface area contributed by atoms with Crippen LogP contribution in [-0.2, 0) is 16.1 Å². The van der Waals surface area contributed by atoms with Crippen molar-refractivity contribution in [2.24, 2.45) is 10.7 Å². The lowest BCUT2D eigenvalue weighted by atomic mass is 10.1. The summed E-state index contributed by atoms with van der Waals surface area (Å²) in [6.45, 7) is 2.35. The smallest absolute Gasteiger partial charge is 0.269 e. The van der Waals surface area contributed by atoms with Crippen LogP contribution in [0.3, 0.4) is 0 Å². The van der Waals surface area contributed by atoms with E-state index in [1.54, 1.807) is 0 Å². The summed E-state index contributed by atoms with van der Waals surface area (Å²) in [5.74, 6) is -0.737. The molecule has 1 fully saturated rings. The zero-order valence-electron chi connectivity index (χ0n) is 13.4. The number of hydrogen-bond donors (Lipinski definition) is 3. The molecule has 0 aliphatic heterocycles. The number of nitrogens with zero attached hydrogens (tertiary/aromatic N) is 1. The van der Waals surface area contributed by atoms with Gasteiger partial charge in [-0.3, -0.25) is 14.6 Å². The number of amides is 2. The molecule has 0 unspecified atom stereocenters. The quantitative estimate of drug-likeness (QED) is 0.535. The summed E-state index contributed by atoms with van der Waals surface area (Å²) in [5.41, 5.74) is 8.02. The predicted octanol–water partition coefficient (Wildman–Crippen LogP) is 0.803. The van der Waals surface area contributed by atoms with Crippen LogP contribution in [0.2, 0.25) is 0 Å². The number of nitrogens with one attached hydrogen (secondary N) is 2. The van der Waals surface area contributed by atoms with E-state index in [1.807, 2.05) is 31.2 Å². The molecule has 1 aromatic carbocycles. The maximum absolute atomic E-state index is 11.9. The van der Waals surface area contributed by atoms with Crippen LogP contribution in [0.5, 0.6) is 0 Å². The molecule has 0 heterocycles. The second kappa shape index (κ2) is 7.58. The van der Waals surface area contributed by atoms with Gasteiger partial charge in [-0.15, -0.1) is 0 Å². The second-order valence-corrected chi connectivity index (χ2v) is 5.61. The van der Waals surface area contributed by atoms with E-state index in [2.05, 4.69) is 15.6 Å². The Hall–Kier alpha value is -2.63. The molecule has 1 saturated carbocycles. The van der Waals surface area contributed by atoms with Crippen molar-refractivity contribution in [2.45, 2.75) is 32.4 Å². The van der Waals surface area contributed by atoms with Crippen LogP contribution >= 0.6 is 0 Å². The molecule has 1 aromatic rings. The number of rotatable bonds is 6. The Balaban J connectivity index is 2.11. The van der Waals surface area contributed by atoms with Crippen LogP contribution in [0.25, 0.3) is 0 Å². The Morgan fingerprint density at radius 1 is 1.26 bits per heavy atom. The third-order valence-electron chi connectivity index (χ3n) is 3.48. The van der Waals surface area contributed by atoms with Crippen LogP contribution in [-0.4, -0.2) is 30.6 Å².